The van der Waals surface area contributed by atoms with E-state index in [2.05, 4.69) is 20.5 Å². The van der Waals surface area contributed by atoms with Crippen molar-refractivity contribution in [2.75, 3.05) is 11.9 Å². The maximum Gasteiger partial charge on any atom is 0.203 e. The third-order valence-corrected chi connectivity index (χ3v) is 4.00. The summed E-state index contributed by atoms with van der Waals surface area (Å²) in [4.78, 5) is 4.35. The number of hydrogen-bond acceptors (Lipinski definition) is 5. The molecule has 0 saturated heterocycles. The predicted octanol–water partition coefficient (Wildman–Crippen LogP) is 1.36. The second-order valence-corrected chi connectivity index (χ2v) is 5.31. The highest BCUT2D eigenvalue weighted by Gasteiger charge is 2.21. The SMILES string of the molecule is Cc1nnc2c(NCC3CCCCC3N)nccn12. The van der Waals surface area contributed by atoms with Crippen molar-refractivity contribution in [1.29, 1.82) is 0 Å². The van der Waals surface area contributed by atoms with Crippen molar-refractivity contribution in [1.82, 2.24) is 19.6 Å². The van der Waals surface area contributed by atoms with Gasteiger partial charge in [-0.1, -0.05) is 12.8 Å². The standard InChI is InChI=1S/C13H20N6/c1-9-17-18-13-12(15-6-7-19(9)13)16-8-10-4-2-3-5-11(10)14/h6-7,10-11H,2-5,8,14H2,1H3,(H,15,16). The van der Waals surface area contributed by atoms with Gasteiger partial charge in [0.05, 0.1) is 0 Å². The van der Waals surface area contributed by atoms with Crippen LogP contribution >= 0.6 is 0 Å². The van der Waals surface area contributed by atoms with Crippen LogP contribution in [-0.4, -0.2) is 32.2 Å². The fraction of sp³-hybridized carbons (Fsp3) is 0.615. The predicted molar refractivity (Wildman–Crippen MR) is 73.9 cm³/mol. The lowest BCUT2D eigenvalue weighted by molar-refractivity contribution is 0.321. The molecular formula is C13H20N6. The van der Waals surface area contributed by atoms with Gasteiger partial charge in [0.25, 0.3) is 0 Å². The molecule has 1 aliphatic rings. The molecule has 1 aliphatic carbocycles. The molecule has 3 rings (SSSR count). The molecule has 6 nitrogen and oxygen atoms in total. The minimum Gasteiger partial charge on any atom is -0.367 e. The first kappa shape index (κ1) is 12.3. The molecule has 0 radical (unpaired) electrons. The quantitative estimate of drug-likeness (QED) is 0.871. The van der Waals surface area contributed by atoms with Crippen LogP contribution in [0.3, 0.4) is 0 Å². The lowest BCUT2D eigenvalue weighted by atomic mass is 9.85. The summed E-state index contributed by atoms with van der Waals surface area (Å²) in [7, 11) is 0. The van der Waals surface area contributed by atoms with Crippen molar-refractivity contribution in [2.45, 2.75) is 38.6 Å². The molecule has 0 spiro atoms. The number of anilines is 1. The molecule has 2 unspecified atom stereocenters. The van der Waals surface area contributed by atoms with Crippen LogP contribution in [0.2, 0.25) is 0 Å². The third kappa shape index (κ3) is 2.40. The Morgan fingerprint density at radius 1 is 1.37 bits per heavy atom. The molecule has 3 N–H and O–H groups in total. The number of hydrogen-bond donors (Lipinski definition) is 2. The highest BCUT2D eigenvalue weighted by molar-refractivity contribution is 5.61. The Labute approximate surface area is 112 Å². The van der Waals surface area contributed by atoms with E-state index in [9.17, 15) is 0 Å². The molecule has 102 valence electrons. The lowest BCUT2D eigenvalue weighted by Gasteiger charge is -2.28. The number of nitrogens with zero attached hydrogens (tertiary/aromatic N) is 4. The summed E-state index contributed by atoms with van der Waals surface area (Å²) in [5.74, 6) is 2.19. The van der Waals surface area contributed by atoms with Crippen molar-refractivity contribution >= 4 is 11.5 Å². The summed E-state index contributed by atoms with van der Waals surface area (Å²) in [6.45, 7) is 2.79. The first-order valence-electron chi connectivity index (χ1n) is 6.91. The molecule has 2 aromatic heterocycles. The van der Waals surface area contributed by atoms with E-state index in [0.29, 0.717) is 12.0 Å². The van der Waals surface area contributed by atoms with E-state index in [1.165, 1.54) is 19.3 Å². The summed E-state index contributed by atoms with van der Waals surface area (Å²) < 4.78 is 1.94. The number of nitrogens with two attached hydrogens (primary N) is 1. The van der Waals surface area contributed by atoms with Crippen LogP contribution in [0.5, 0.6) is 0 Å². The van der Waals surface area contributed by atoms with Crippen LogP contribution in [0.4, 0.5) is 5.82 Å². The van der Waals surface area contributed by atoms with E-state index in [-0.39, 0.29) is 0 Å². The summed E-state index contributed by atoms with van der Waals surface area (Å²) >= 11 is 0. The van der Waals surface area contributed by atoms with E-state index in [1.807, 2.05) is 17.5 Å². The fourth-order valence-electron chi connectivity index (χ4n) is 2.78. The molecule has 19 heavy (non-hydrogen) atoms. The summed E-state index contributed by atoms with van der Waals surface area (Å²) in [6.07, 6.45) is 8.52. The minimum atomic E-state index is 0.306. The van der Waals surface area contributed by atoms with Crippen molar-refractivity contribution in [3.05, 3.63) is 18.2 Å². The monoisotopic (exact) mass is 260 g/mol. The van der Waals surface area contributed by atoms with Crippen molar-refractivity contribution in [3.63, 3.8) is 0 Å². The van der Waals surface area contributed by atoms with Gasteiger partial charge < -0.3 is 11.1 Å². The van der Waals surface area contributed by atoms with Crippen LogP contribution in [-0.2, 0) is 0 Å². The molecule has 2 aromatic rings. The second-order valence-electron chi connectivity index (χ2n) is 5.31. The number of aromatic nitrogens is 4. The Morgan fingerprint density at radius 2 is 2.21 bits per heavy atom. The molecule has 0 bridgehead atoms. The summed E-state index contributed by atoms with van der Waals surface area (Å²) in [6, 6.07) is 0.306. The van der Waals surface area contributed by atoms with Crippen molar-refractivity contribution in [2.24, 2.45) is 11.7 Å². The first-order valence-corrected chi connectivity index (χ1v) is 6.91. The van der Waals surface area contributed by atoms with Gasteiger partial charge in [0.2, 0.25) is 5.65 Å². The van der Waals surface area contributed by atoms with E-state index in [0.717, 1.165) is 30.3 Å². The largest absolute Gasteiger partial charge is 0.367 e. The zero-order chi connectivity index (χ0) is 13.2. The Morgan fingerprint density at radius 3 is 3.05 bits per heavy atom. The van der Waals surface area contributed by atoms with Gasteiger partial charge in [-0.15, -0.1) is 10.2 Å². The van der Waals surface area contributed by atoms with E-state index in [1.54, 1.807) is 6.20 Å². The average molecular weight is 260 g/mol. The van der Waals surface area contributed by atoms with Gasteiger partial charge in [-0.2, -0.15) is 0 Å². The zero-order valence-corrected chi connectivity index (χ0v) is 11.2. The molecule has 0 amide bonds. The highest BCUT2D eigenvalue weighted by atomic mass is 15.3. The van der Waals surface area contributed by atoms with Gasteiger partial charge in [0.15, 0.2) is 5.82 Å². The zero-order valence-electron chi connectivity index (χ0n) is 11.2. The Hall–Kier alpha value is -1.69. The number of rotatable bonds is 3. The highest BCUT2D eigenvalue weighted by Crippen LogP contribution is 2.23. The summed E-state index contributed by atoms with van der Waals surface area (Å²) in [5, 5.41) is 11.6. The van der Waals surface area contributed by atoms with Gasteiger partial charge in [-0.05, 0) is 25.7 Å². The number of fused-ring (bicyclic) bond motifs is 1. The Balaban J connectivity index is 1.74. The molecule has 0 aliphatic heterocycles. The van der Waals surface area contributed by atoms with Gasteiger partial charge in [-0.25, -0.2) is 4.98 Å². The topological polar surface area (TPSA) is 81.1 Å². The maximum absolute atomic E-state index is 6.17. The second kappa shape index (κ2) is 5.13. The molecule has 1 saturated carbocycles. The average Bonchev–Trinajstić information content (AvgIpc) is 2.81. The summed E-state index contributed by atoms with van der Waals surface area (Å²) in [5.41, 5.74) is 6.95. The molecular weight excluding hydrogens is 240 g/mol. The van der Waals surface area contributed by atoms with Crippen LogP contribution in [0.15, 0.2) is 12.4 Å². The third-order valence-electron chi connectivity index (χ3n) is 4.00. The van der Waals surface area contributed by atoms with Gasteiger partial charge in [0, 0.05) is 25.0 Å². The van der Waals surface area contributed by atoms with Crippen molar-refractivity contribution < 1.29 is 0 Å². The lowest BCUT2D eigenvalue weighted by Crippen LogP contribution is -2.37. The van der Waals surface area contributed by atoms with Crippen LogP contribution in [0, 0.1) is 12.8 Å². The number of aryl methyl sites for hydroxylation is 1. The molecule has 1 fully saturated rings. The van der Waals surface area contributed by atoms with E-state index < -0.39 is 0 Å². The van der Waals surface area contributed by atoms with E-state index >= 15 is 0 Å². The maximum atomic E-state index is 6.17. The minimum absolute atomic E-state index is 0.306. The smallest absolute Gasteiger partial charge is 0.203 e. The first-order chi connectivity index (χ1) is 9.25. The van der Waals surface area contributed by atoms with Crippen LogP contribution < -0.4 is 11.1 Å². The van der Waals surface area contributed by atoms with E-state index in [4.69, 9.17) is 5.73 Å². The van der Waals surface area contributed by atoms with Crippen LogP contribution in [0.25, 0.3) is 5.65 Å². The fourth-order valence-corrected chi connectivity index (χ4v) is 2.78. The van der Waals surface area contributed by atoms with Crippen molar-refractivity contribution in [3.8, 4) is 0 Å². The van der Waals surface area contributed by atoms with Gasteiger partial charge >= 0.3 is 0 Å². The van der Waals surface area contributed by atoms with Gasteiger partial charge in [0.1, 0.15) is 5.82 Å². The normalized spacial score (nSPS) is 23.7. The van der Waals surface area contributed by atoms with Gasteiger partial charge in [-0.3, -0.25) is 4.40 Å². The van der Waals surface area contributed by atoms with Crippen LogP contribution in [0.1, 0.15) is 31.5 Å². The molecule has 6 heteroatoms. The molecule has 2 atom stereocenters. The number of nitrogens with one attached hydrogen (secondary N) is 1. The Kier molecular flexibility index (Phi) is 3.33. The molecule has 2 heterocycles. The Bertz CT molecular complexity index is 563. The molecule has 0 aromatic carbocycles.